The van der Waals surface area contributed by atoms with Crippen LogP contribution in [0.25, 0.3) is 0 Å². The van der Waals surface area contributed by atoms with Gasteiger partial charge in [0.25, 0.3) is 0 Å². The van der Waals surface area contributed by atoms with Crippen LogP contribution in [0.1, 0.15) is 38.3 Å². The number of furan rings is 1. The topological polar surface area (TPSA) is 51.2 Å². The zero-order chi connectivity index (χ0) is 10.6. The third-order valence-corrected chi connectivity index (χ3v) is 2.14. The van der Waals surface area contributed by atoms with E-state index >= 15 is 0 Å². The first-order valence-electron chi connectivity index (χ1n) is 5.22. The summed E-state index contributed by atoms with van der Waals surface area (Å²) < 4.78 is 5.64. The molecule has 0 aliphatic heterocycles. The zero-order valence-electron chi connectivity index (χ0n) is 9.21. The van der Waals surface area contributed by atoms with Crippen LogP contribution in [0.3, 0.4) is 0 Å². The maximum atomic E-state index is 5.68. The Kier molecular flexibility index (Phi) is 4.17. The highest BCUT2D eigenvalue weighted by Crippen LogP contribution is 2.16. The molecule has 0 radical (unpaired) electrons. The minimum absolute atomic E-state index is 0.135. The average Bonchev–Trinajstić information content (AvgIpc) is 2.62. The lowest BCUT2D eigenvalue weighted by molar-refractivity contribution is 0.379. The normalized spacial score (nSPS) is 13.5. The Labute approximate surface area is 85.7 Å². The van der Waals surface area contributed by atoms with Gasteiger partial charge in [0.1, 0.15) is 11.5 Å². The van der Waals surface area contributed by atoms with Crippen molar-refractivity contribution >= 4 is 0 Å². The van der Waals surface area contributed by atoms with Crippen molar-refractivity contribution in [1.29, 1.82) is 0 Å². The first-order valence-corrected chi connectivity index (χ1v) is 5.22. The van der Waals surface area contributed by atoms with Gasteiger partial charge >= 0.3 is 0 Å². The molecule has 0 amide bonds. The summed E-state index contributed by atoms with van der Waals surface area (Å²) >= 11 is 0. The standard InChI is InChI=1S/C11H20N2O/c1-4-9-5-6-11(14-9)10(7-12)13-8(2)3/h5-6,8,10,13H,4,7,12H2,1-3H3. The molecule has 0 fully saturated rings. The van der Waals surface area contributed by atoms with Crippen LogP contribution >= 0.6 is 0 Å². The summed E-state index contributed by atoms with van der Waals surface area (Å²) in [5.74, 6) is 1.96. The second-order valence-corrected chi connectivity index (χ2v) is 3.77. The molecule has 1 heterocycles. The summed E-state index contributed by atoms with van der Waals surface area (Å²) in [5.41, 5.74) is 5.68. The van der Waals surface area contributed by atoms with E-state index in [2.05, 4.69) is 26.1 Å². The SMILES string of the molecule is CCc1ccc(C(CN)NC(C)C)o1. The molecule has 1 atom stereocenters. The summed E-state index contributed by atoms with van der Waals surface area (Å²) in [6.07, 6.45) is 0.930. The predicted octanol–water partition coefficient (Wildman–Crippen LogP) is 1.84. The van der Waals surface area contributed by atoms with E-state index in [-0.39, 0.29) is 6.04 Å². The van der Waals surface area contributed by atoms with Crippen LogP contribution in [0, 0.1) is 0 Å². The van der Waals surface area contributed by atoms with E-state index in [0.717, 1.165) is 17.9 Å². The van der Waals surface area contributed by atoms with Crippen LogP contribution in [0.4, 0.5) is 0 Å². The molecule has 0 spiro atoms. The van der Waals surface area contributed by atoms with Crippen LogP contribution < -0.4 is 11.1 Å². The predicted molar refractivity (Wildman–Crippen MR) is 58.2 cm³/mol. The summed E-state index contributed by atoms with van der Waals surface area (Å²) in [4.78, 5) is 0. The number of hydrogen-bond donors (Lipinski definition) is 2. The minimum Gasteiger partial charge on any atom is -0.464 e. The van der Waals surface area contributed by atoms with E-state index in [1.54, 1.807) is 0 Å². The molecular formula is C11H20N2O. The maximum absolute atomic E-state index is 5.68. The van der Waals surface area contributed by atoms with Gasteiger partial charge in [-0.1, -0.05) is 20.8 Å². The molecule has 3 N–H and O–H groups in total. The second-order valence-electron chi connectivity index (χ2n) is 3.77. The first kappa shape index (κ1) is 11.3. The fourth-order valence-electron chi connectivity index (χ4n) is 1.44. The highest BCUT2D eigenvalue weighted by molar-refractivity contribution is 5.11. The van der Waals surface area contributed by atoms with Crippen molar-refractivity contribution in [3.8, 4) is 0 Å². The lowest BCUT2D eigenvalue weighted by atomic mass is 10.2. The van der Waals surface area contributed by atoms with E-state index < -0.39 is 0 Å². The van der Waals surface area contributed by atoms with Crippen LogP contribution in [-0.4, -0.2) is 12.6 Å². The fourth-order valence-corrected chi connectivity index (χ4v) is 1.44. The molecular weight excluding hydrogens is 176 g/mol. The zero-order valence-corrected chi connectivity index (χ0v) is 9.21. The van der Waals surface area contributed by atoms with Gasteiger partial charge in [-0.3, -0.25) is 0 Å². The van der Waals surface area contributed by atoms with Gasteiger partial charge < -0.3 is 15.5 Å². The Morgan fingerprint density at radius 1 is 1.43 bits per heavy atom. The van der Waals surface area contributed by atoms with Gasteiger partial charge in [-0.05, 0) is 12.1 Å². The molecule has 1 rings (SSSR count). The Morgan fingerprint density at radius 2 is 2.14 bits per heavy atom. The third kappa shape index (κ3) is 2.86. The Morgan fingerprint density at radius 3 is 2.57 bits per heavy atom. The van der Waals surface area contributed by atoms with E-state index in [4.69, 9.17) is 10.2 Å². The highest BCUT2D eigenvalue weighted by Gasteiger charge is 2.14. The third-order valence-electron chi connectivity index (χ3n) is 2.14. The molecule has 0 aromatic carbocycles. The van der Waals surface area contributed by atoms with Gasteiger partial charge in [-0.25, -0.2) is 0 Å². The smallest absolute Gasteiger partial charge is 0.122 e. The number of aryl methyl sites for hydroxylation is 1. The molecule has 1 aromatic rings. The lowest BCUT2D eigenvalue weighted by Gasteiger charge is -2.17. The van der Waals surface area contributed by atoms with Crippen molar-refractivity contribution in [1.82, 2.24) is 5.32 Å². The van der Waals surface area contributed by atoms with Crippen LogP contribution in [0.15, 0.2) is 16.5 Å². The number of rotatable bonds is 5. The van der Waals surface area contributed by atoms with E-state index in [9.17, 15) is 0 Å². The van der Waals surface area contributed by atoms with Gasteiger partial charge in [-0.2, -0.15) is 0 Å². The van der Waals surface area contributed by atoms with Gasteiger partial charge in [0.2, 0.25) is 0 Å². The quantitative estimate of drug-likeness (QED) is 0.755. The monoisotopic (exact) mass is 196 g/mol. The molecule has 0 saturated carbocycles. The van der Waals surface area contributed by atoms with Crippen molar-refractivity contribution < 1.29 is 4.42 Å². The molecule has 1 unspecified atom stereocenters. The number of nitrogens with one attached hydrogen (secondary N) is 1. The van der Waals surface area contributed by atoms with Gasteiger partial charge in [0.15, 0.2) is 0 Å². The highest BCUT2D eigenvalue weighted by atomic mass is 16.3. The Bertz CT molecular complexity index is 268. The number of hydrogen-bond acceptors (Lipinski definition) is 3. The van der Waals surface area contributed by atoms with E-state index in [1.807, 2.05) is 12.1 Å². The summed E-state index contributed by atoms with van der Waals surface area (Å²) in [6.45, 7) is 6.85. The lowest BCUT2D eigenvalue weighted by Crippen LogP contribution is -2.32. The molecule has 0 saturated heterocycles. The molecule has 1 aromatic heterocycles. The van der Waals surface area contributed by atoms with Gasteiger partial charge in [-0.15, -0.1) is 0 Å². The van der Waals surface area contributed by atoms with Gasteiger partial charge in [0.05, 0.1) is 6.04 Å². The maximum Gasteiger partial charge on any atom is 0.122 e. The molecule has 0 aliphatic carbocycles. The van der Waals surface area contributed by atoms with Crippen molar-refractivity contribution in [2.45, 2.75) is 39.3 Å². The van der Waals surface area contributed by atoms with Crippen molar-refractivity contribution in [2.75, 3.05) is 6.54 Å². The molecule has 0 aliphatic rings. The van der Waals surface area contributed by atoms with Crippen molar-refractivity contribution in [3.05, 3.63) is 23.7 Å². The molecule has 80 valence electrons. The van der Waals surface area contributed by atoms with Crippen molar-refractivity contribution in [3.63, 3.8) is 0 Å². The molecule has 14 heavy (non-hydrogen) atoms. The van der Waals surface area contributed by atoms with Crippen LogP contribution in [0.2, 0.25) is 0 Å². The fraction of sp³-hybridized carbons (Fsp3) is 0.636. The van der Waals surface area contributed by atoms with E-state index in [1.165, 1.54) is 0 Å². The number of nitrogens with two attached hydrogens (primary N) is 1. The first-order chi connectivity index (χ1) is 6.67. The minimum atomic E-state index is 0.135. The molecule has 3 heteroatoms. The Balaban J connectivity index is 2.68. The Hall–Kier alpha value is -0.800. The van der Waals surface area contributed by atoms with E-state index in [0.29, 0.717) is 12.6 Å². The summed E-state index contributed by atoms with van der Waals surface area (Å²) in [5, 5.41) is 3.36. The summed E-state index contributed by atoms with van der Waals surface area (Å²) in [6, 6.07) is 4.57. The largest absolute Gasteiger partial charge is 0.464 e. The van der Waals surface area contributed by atoms with Crippen molar-refractivity contribution in [2.24, 2.45) is 5.73 Å². The molecule has 3 nitrogen and oxygen atoms in total. The average molecular weight is 196 g/mol. The summed E-state index contributed by atoms with van der Waals surface area (Å²) in [7, 11) is 0. The van der Waals surface area contributed by atoms with Gasteiger partial charge in [0, 0.05) is 19.0 Å². The molecule has 0 bridgehead atoms. The second kappa shape index (κ2) is 5.17. The van der Waals surface area contributed by atoms with Crippen LogP contribution in [-0.2, 0) is 6.42 Å². The van der Waals surface area contributed by atoms with Crippen LogP contribution in [0.5, 0.6) is 0 Å².